The number of aromatic nitrogens is 1. The van der Waals surface area contributed by atoms with Crippen LogP contribution >= 0.6 is 0 Å². The van der Waals surface area contributed by atoms with Crippen LogP contribution in [0.5, 0.6) is 17.2 Å². The summed E-state index contributed by atoms with van der Waals surface area (Å²) in [6.45, 7) is 0. The first-order valence-corrected chi connectivity index (χ1v) is 9.80. The van der Waals surface area contributed by atoms with Gasteiger partial charge in [-0.05, 0) is 48.5 Å². The molecule has 0 bridgehead atoms. The van der Waals surface area contributed by atoms with Crippen LogP contribution in [-0.2, 0) is 10.0 Å². The number of methoxy groups -OCH3 is 3. The molecule has 146 valence electrons. The van der Waals surface area contributed by atoms with Crippen molar-refractivity contribution in [2.24, 2.45) is 0 Å². The third-order valence-electron chi connectivity index (χ3n) is 4.05. The summed E-state index contributed by atoms with van der Waals surface area (Å²) in [7, 11) is 0.803. The Labute approximate surface area is 164 Å². The standard InChI is InChI=1S/C20H20N2O5S/c1-25-15-6-8-18(9-7-15)28(23,24)22-19-5-4-10-21-20(19)14-11-16(26-2)13-17(12-14)27-3/h4-13,22H,1-3H3. The molecule has 0 aliphatic carbocycles. The van der Waals surface area contributed by atoms with Crippen LogP contribution in [-0.4, -0.2) is 34.7 Å². The fraction of sp³-hybridized carbons (Fsp3) is 0.150. The summed E-state index contributed by atoms with van der Waals surface area (Å²) in [5.41, 5.74) is 1.45. The van der Waals surface area contributed by atoms with Crippen LogP contribution in [0.25, 0.3) is 11.3 Å². The highest BCUT2D eigenvalue weighted by atomic mass is 32.2. The second-order valence-corrected chi connectivity index (χ2v) is 7.46. The SMILES string of the molecule is COc1ccc(S(=O)(=O)Nc2cccnc2-c2cc(OC)cc(OC)c2)cc1. The van der Waals surface area contributed by atoms with E-state index < -0.39 is 10.0 Å². The van der Waals surface area contributed by atoms with Crippen molar-refractivity contribution in [2.45, 2.75) is 4.90 Å². The Morgan fingerprint density at radius 3 is 2.00 bits per heavy atom. The van der Waals surface area contributed by atoms with Gasteiger partial charge in [-0.25, -0.2) is 8.42 Å². The molecule has 1 N–H and O–H groups in total. The van der Waals surface area contributed by atoms with Gasteiger partial charge < -0.3 is 14.2 Å². The smallest absolute Gasteiger partial charge is 0.261 e. The number of benzene rings is 2. The lowest BCUT2D eigenvalue weighted by Crippen LogP contribution is -2.14. The van der Waals surface area contributed by atoms with E-state index in [9.17, 15) is 8.42 Å². The molecule has 3 rings (SSSR count). The second-order valence-electron chi connectivity index (χ2n) is 5.78. The molecule has 0 saturated heterocycles. The Hall–Kier alpha value is -3.26. The first-order chi connectivity index (χ1) is 13.5. The van der Waals surface area contributed by atoms with E-state index in [0.29, 0.717) is 34.2 Å². The highest BCUT2D eigenvalue weighted by molar-refractivity contribution is 7.92. The zero-order chi connectivity index (χ0) is 20.1. The number of anilines is 1. The predicted molar refractivity (Wildman–Crippen MR) is 107 cm³/mol. The highest BCUT2D eigenvalue weighted by Gasteiger charge is 2.18. The number of sulfonamides is 1. The topological polar surface area (TPSA) is 86.8 Å². The average Bonchev–Trinajstić information content (AvgIpc) is 2.73. The van der Waals surface area contributed by atoms with Crippen molar-refractivity contribution in [1.82, 2.24) is 4.98 Å². The normalized spacial score (nSPS) is 11.0. The van der Waals surface area contributed by atoms with Gasteiger partial charge in [0.05, 0.1) is 37.6 Å². The fourth-order valence-corrected chi connectivity index (χ4v) is 3.69. The summed E-state index contributed by atoms with van der Waals surface area (Å²) in [6, 6.07) is 14.7. The Bertz CT molecular complexity index is 1040. The maximum Gasteiger partial charge on any atom is 0.261 e. The maximum absolute atomic E-state index is 12.8. The van der Waals surface area contributed by atoms with E-state index in [2.05, 4.69) is 9.71 Å². The van der Waals surface area contributed by atoms with Crippen LogP contribution in [0.2, 0.25) is 0 Å². The molecule has 0 aliphatic heterocycles. The van der Waals surface area contributed by atoms with Gasteiger partial charge in [0.2, 0.25) is 0 Å². The van der Waals surface area contributed by atoms with Crippen molar-refractivity contribution in [3.63, 3.8) is 0 Å². The lowest BCUT2D eigenvalue weighted by Gasteiger charge is -2.14. The molecule has 1 heterocycles. The molecule has 0 atom stereocenters. The fourth-order valence-electron chi connectivity index (χ4n) is 2.62. The van der Waals surface area contributed by atoms with E-state index in [1.165, 1.54) is 19.2 Å². The molecule has 0 spiro atoms. The quantitative estimate of drug-likeness (QED) is 0.652. The molecule has 7 nitrogen and oxygen atoms in total. The van der Waals surface area contributed by atoms with E-state index in [1.807, 2.05) is 0 Å². The van der Waals surface area contributed by atoms with E-state index in [1.54, 1.807) is 62.9 Å². The summed E-state index contributed by atoms with van der Waals surface area (Å²) >= 11 is 0. The minimum Gasteiger partial charge on any atom is -0.497 e. The summed E-state index contributed by atoms with van der Waals surface area (Å²) in [6.07, 6.45) is 1.59. The Kier molecular flexibility index (Phi) is 5.70. The minimum absolute atomic E-state index is 0.117. The largest absolute Gasteiger partial charge is 0.497 e. The monoisotopic (exact) mass is 400 g/mol. The zero-order valence-corrected chi connectivity index (χ0v) is 16.5. The minimum atomic E-state index is -3.81. The molecule has 0 unspecified atom stereocenters. The van der Waals surface area contributed by atoms with Crippen molar-refractivity contribution in [3.8, 4) is 28.5 Å². The third kappa shape index (κ3) is 4.17. The van der Waals surface area contributed by atoms with Gasteiger partial charge >= 0.3 is 0 Å². The molecule has 8 heteroatoms. The molecule has 2 aromatic carbocycles. The van der Waals surface area contributed by atoms with Crippen LogP contribution < -0.4 is 18.9 Å². The number of nitrogens with one attached hydrogen (secondary N) is 1. The Balaban J connectivity index is 2.01. The molecule has 0 saturated carbocycles. The molecule has 0 fully saturated rings. The third-order valence-corrected chi connectivity index (χ3v) is 5.43. The van der Waals surface area contributed by atoms with E-state index in [0.717, 1.165) is 0 Å². The molecule has 0 amide bonds. The summed E-state index contributed by atoms with van der Waals surface area (Å²) in [5.74, 6) is 1.72. The number of rotatable bonds is 7. The van der Waals surface area contributed by atoms with Crippen LogP contribution in [0, 0.1) is 0 Å². The number of nitrogens with zero attached hydrogens (tertiary/aromatic N) is 1. The van der Waals surface area contributed by atoms with Crippen LogP contribution in [0.15, 0.2) is 65.7 Å². The number of ether oxygens (including phenoxy) is 3. The number of hydrogen-bond acceptors (Lipinski definition) is 6. The van der Waals surface area contributed by atoms with Gasteiger partial charge in [-0.2, -0.15) is 0 Å². The van der Waals surface area contributed by atoms with E-state index >= 15 is 0 Å². The summed E-state index contributed by atoms with van der Waals surface area (Å²) in [4.78, 5) is 4.46. The summed E-state index contributed by atoms with van der Waals surface area (Å²) in [5, 5.41) is 0. The van der Waals surface area contributed by atoms with Crippen molar-refractivity contribution >= 4 is 15.7 Å². The van der Waals surface area contributed by atoms with Crippen molar-refractivity contribution in [2.75, 3.05) is 26.1 Å². The van der Waals surface area contributed by atoms with Gasteiger partial charge in [0.1, 0.15) is 17.2 Å². The lowest BCUT2D eigenvalue weighted by atomic mass is 10.1. The Morgan fingerprint density at radius 2 is 1.43 bits per heavy atom. The van der Waals surface area contributed by atoms with Gasteiger partial charge in [-0.1, -0.05) is 0 Å². The van der Waals surface area contributed by atoms with Gasteiger partial charge in [0.15, 0.2) is 0 Å². The van der Waals surface area contributed by atoms with Crippen molar-refractivity contribution < 1.29 is 22.6 Å². The maximum atomic E-state index is 12.8. The van der Waals surface area contributed by atoms with Crippen LogP contribution in [0.3, 0.4) is 0 Å². The molecule has 3 aromatic rings. The van der Waals surface area contributed by atoms with Crippen molar-refractivity contribution in [1.29, 1.82) is 0 Å². The highest BCUT2D eigenvalue weighted by Crippen LogP contribution is 2.33. The summed E-state index contributed by atoms with van der Waals surface area (Å²) < 4.78 is 43.9. The predicted octanol–water partition coefficient (Wildman–Crippen LogP) is 3.58. The molecule has 1 aromatic heterocycles. The molecular formula is C20H20N2O5S. The first-order valence-electron chi connectivity index (χ1n) is 8.32. The molecule has 0 aliphatic rings. The second kappa shape index (κ2) is 8.18. The van der Waals surface area contributed by atoms with Crippen LogP contribution in [0.1, 0.15) is 0 Å². The van der Waals surface area contributed by atoms with Gasteiger partial charge in [-0.15, -0.1) is 0 Å². The lowest BCUT2D eigenvalue weighted by molar-refractivity contribution is 0.394. The number of pyridine rings is 1. The first kappa shape index (κ1) is 19.5. The molecule has 28 heavy (non-hydrogen) atoms. The average molecular weight is 400 g/mol. The van der Waals surface area contributed by atoms with Gasteiger partial charge in [-0.3, -0.25) is 9.71 Å². The van der Waals surface area contributed by atoms with Gasteiger partial charge in [0.25, 0.3) is 10.0 Å². The Morgan fingerprint density at radius 1 is 0.821 bits per heavy atom. The van der Waals surface area contributed by atoms with Gasteiger partial charge in [0, 0.05) is 17.8 Å². The molecular weight excluding hydrogens is 380 g/mol. The molecule has 0 radical (unpaired) electrons. The van der Waals surface area contributed by atoms with E-state index in [-0.39, 0.29) is 4.90 Å². The van der Waals surface area contributed by atoms with Crippen molar-refractivity contribution in [3.05, 3.63) is 60.8 Å². The zero-order valence-electron chi connectivity index (χ0n) is 15.7. The number of hydrogen-bond donors (Lipinski definition) is 1. The van der Waals surface area contributed by atoms with Crippen LogP contribution in [0.4, 0.5) is 5.69 Å². The van der Waals surface area contributed by atoms with E-state index in [4.69, 9.17) is 14.2 Å².